The lowest BCUT2D eigenvalue weighted by Crippen LogP contribution is -2.22. The Morgan fingerprint density at radius 2 is 2.20 bits per heavy atom. The molecular formula is C12H16ClNS. The number of thioether (sulfide) groups is 1. The van der Waals surface area contributed by atoms with Crippen molar-refractivity contribution in [2.45, 2.75) is 36.1 Å². The summed E-state index contributed by atoms with van der Waals surface area (Å²) in [4.78, 5) is 1.15. The van der Waals surface area contributed by atoms with Crippen LogP contribution >= 0.6 is 23.4 Å². The highest BCUT2D eigenvalue weighted by Crippen LogP contribution is 2.37. The molecular weight excluding hydrogens is 226 g/mol. The van der Waals surface area contributed by atoms with Crippen molar-refractivity contribution in [2.24, 2.45) is 5.73 Å². The van der Waals surface area contributed by atoms with E-state index in [1.807, 2.05) is 6.26 Å². The Bertz CT molecular complexity index is 361. The lowest BCUT2D eigenvalue weighted by Gasteiger charge is -2.09. The Balaban J connectivity index is 1.99. The molecule has 0 bridgehead atoms. The molecule has 1 aliphatic rings. The van der Waals surface area contributed by atoms with E-state index in [0.717, 1.165) is 22.8 Å². The summed E-state index contributed by atoms with van der Waals surface area (Å²) in [7, 11) is 0. The highest BCUT2D eigenvalue weighted by atomic mass is 35.5. The van der Waals surface area contributed by atoms with Crippen molar-refractivity contribution in [3.63, 3.8) is 0 Å². The van der Waals surface area contributed by atoms with E-state index in [9.17, 15) is 0 Å². The molecule has 0 saturated heterocycles. The van der Waals surface area contributed by atoms with Gasteiger partial charge in [0.15, 0.2) is 0 Å². The number of benzene rings is 1. The molecule has 2 N–H and O–H groups in total. The van der Waals surface area contributed by atoms with Crippen molar-refractivity contribution in [3.8, 4) is 0 Å². The Kier molecular flexibility index (Phi) is 3.29. The first-order valence-corrected chi connectivity index (χ1v) is 6.84. The number of hydrogen-bond donors (Lipinski definition) is 1. The van der Waals surface area contributed by atoms with Crippen LogP contribution < -0.4 is 5.73 Å². The average Bonchev–Trinajstić information content (AvgIpc) is 2.95. The summed E-state index contributed by atoms with van der Waals surface area (Å²) < 4.78 is 0. The normalized spacial score (nSPS) is 17.8. The Morgan fingerprint density at radius 1 is 1.47 bits per heavy atom. The summed E-state index contributed by atoms with van der Waals surface area (Å²) in [5, 5.41) is 0.863. The summed E-state index contributed by atoms with van der Waals surface area (Å²) >= 11 is 7.83. The molecule has 0 heterocycles. The SMILES string of the molecule is CSc1ccc(CCC2(N)CC2)cc1Cl. The predicted octanol–water partition coefficient (Wildman–Crippen LogP) is 3.49. The molecule has 0 amide bonds. The van der Waals surface area contributed by atoms with Crippen LogP contribution in [-0.4, -0.2) is 11.8 Å². The van der Waals surface area contributed by atoms with Gasteiger partial charge >= 0.3 is 0 Å². The second-order valence-electron chi connectivity index (χ2n) is 4.33. The van der Waals surface area contributed by atoms with E-state index in [1.165, 1.54) is 18.4 Å². The highest BCUT2D eigenvalue weighted by Gasteiger charge is 2.37. The molecule has 0 aromatic heterocycles. The summed E-state index contributed by atoms with van der Waals surface area (Å²) in [5.74, 6) is 0. The number of halogens is 1. The van der Waals surface area contributed by atoms with E-state index in [1.54, 1.807) is 11.8 Å². The predicted molar refractivity (Wildman–Crippen MR) is 67.7 cm³/mol. The molecule has 1 saturated carbocycles. The first-order chi connectivity index (χ1) is 7.13. The quantitative estimate of drug-likeness (QED) is 0.817. The van der Waals surface area contributed by atoms with E-state index in [4.69, 9.17) is 17.3 Å². The third-order valence-electron chi connectivity index (χ3n) is 3.02. The molecule has 0 atom stereocenters. The van der Waals surface area contributed by atoms with E-state index in [0.29, 0.717) is 0 Å². The zero-order valence-corrected chi connectivity index (χ0v) is 10.5. The van der Waals surface area contributed by atoms with E-state index < -0.39 is 0 Å². The van der Waals surface area contributed by atoms with Crippen LogP contribution in [0.15, 0.2) is 23.1 Å². The van der Waals surface area contributed by atoms with Crippen molar-refractivity contribution in [1.29, 1.82) is 0 Å². The molecule has 0 spiro atoms. The molecule has 2 rings (SSSR count). The lowest BCUT2D eigenvalue weighted by molar-refractivity contribution is 0.609. The Morgan fingerprint density at radius 3 is 2.73 bits per heavy atom. The largest absolute Gasteiger partial charge is 0.325 e. The number of hydrogen-bond acceptors (Lipinski definition) is 2. The van der Waals surface area contributed by atoms with E-state index >= 15 is 0 Å². The molecule has 1 nitrogen and oxygen atoms in total. The van der Waals surface area contributed by atoms with Gasteiger partial charge in [0, 0.05) is 10.4 Å². The topological polar surface area (TPSA) is 26.0 Å². The van der Waals surface area contributed by atoms with Crippen molar-refractivity contribution >= 4 is 23.4 Å². The fraction of sp³-hybridized carbons (Fsp3) is 0.500. The average molecular weight is 242 g/mol. The van der Waals surface area contributed by atoms with Gasteiger partial charge in [0.05, 0.1) is 5.02 Å². The third-order valence-corrected chi connectivity index (χ3v) is 4.24. The summed E-state index contributed by atoms with van der Waals surface area (Å²) in [6.07, 6.45) is 6.54. The molecule has 3 heteroatoms. The molecule has 0 aliphatic heterocycles. The highest BCUT2D eigenvalue weighted by molar-refractivity contribution is 7.98. The molecule has 1 fully saturated rings. The third kappa shape index (κ3) is 2.90. The van der Waals surface area contributed by atoms with Gasteiger partial charge in [-0.15, -0.1) is 11.8 Å². The van der Waals surface area contributed by atoms with Gasteiger partial charge in [-0.1, -0.05) is 17.7 Å². The Hall–Kier alpha value is -0.180. The standard InChI is InChI=1S/C12H16ClNS/c1-15-11-3-2-9(8-10(11)13)4-5-12(14)6-7-12/h2-3,8H,4-7,14H2,1H3. The van der Waals surface area contributed by atoms with Gasteiger partial charge in [-0.3, -0.25) is 0 Å². The molecule has 0 radical (unpaired) electrons. The maximum Gasteiger partial charge on any atom is 0.0544 e. The fourth-order valence-corrected chi connectivity index (χ4v) is 2.56. The minimum atomic E-state index is 0.144. The first-order valence-electron chi connectivity index (χ1n) is 5.24. The van der Waals surface area contributed by atoms with E-state index in [2.05, 4.69) is 18.2 Å². The van der Waals surface area contributed by atoms with Crippen molar-refractivity contribution in [3.05, 3.63) is 28.8 Å². The molecule has 15 heavy (non-hydrogen) atoms. The summed E-state index contributed by atoms with van der Waals surface area (Å²) in [6, 6.07) is 6.32. The molecule has 0 unspecified atom stereocenters. The second-order valence-corrected chi connectivity index (χ2v) is 5.59. The van der Waals surface area contributed by atoms with Crippen LogP contribution in [-0.2, 0) is 6.42 Å². The zero-order chi connectivity index (χ0) is 10.9. The second kappa shape index (κ2) is 4.36. The molecule has 1 aromatic carbocycles. The number of aryl methyl sites for hydroxylation is 1. The van der Waals surface area contributed by atoms with Gasteiger partial charge in [0.2, 0.25) is 0 Å². The van der Waals surface area contributed by atoms with Crippen LogP contribution in [0.5, 0.6) is 0 Å². The first kappa shape index (κ1) is 11.3. The monoisotopic (exact) mass is 241 g/mol. The summed E-state index contributed by atoms with van der Waals surface area (Å²) in [6.45, 7) is 0. The maximum atomic E-state index is 6.14. The minimum Gasteiger partial charge on any atom is -0.325 e. The maximum absolute atomic E-state index is 6.14. The van der Waals surface area contributed by atoms with Crippen LogP contribution in [0, 0.1) is 0 Å². The number of nitrogens with two attached hydrogens (primary N) is 1. The molecule has 1 aromatic rings. The zero-order valence-electron chi connectivity index (χ0n) is 8.92. The van der Waals surface area contributed by atoms with Gasteiger partial charge in [-0.2, -0.15) is 0 Å². The molecule has 1 aliphatic carbocycles. The van der Waals surface area contributed by atoms with Gasteiger partial charge in [0.25, 0.3) is 0 Å². The van der Waals surface area contributed by atoms with E-state index in [-0.39, 0.29) is 5.54 Å². The lowest BCUT2D eigenvalue weighted by atomic mass is 10.0. The van der Waals surface area contributed by atoms with Crippen LogP contribution in [0.25, 0.3) is 0 Å². The van der Waals surface area contributed by atoms with Crippen LogP contribution in [0.2, 0.25) is 5.02 Å². The Labute approximate surface area is 100 Å². The van der Waals surface area contributed by atoms with Crippen LogP contribution in [0.3, 0.4) is 0 Å². The number of rotatable bonds is 4. The van der Waals surface area contributed by atoms with Gasteiger partial charge in [0.1, 0.15) is 0 Å². The fourth-order valence-electron chi connectivity index (χ4n) is 1.67. The van der Waals surface area contributed by atoms with Crippen LogP contribution in [0.4, 0.5) is 0 Å². The smallest absolute Gasteiger partial charge is 0.0544 e. The van der Waals surface area contributed by atoms with Gasteiger partial charge < -0.3 is 5.73 Å². The van der Waals surface area contributed by atoms with Gasteiger partial charge in [-0.05, 0) is 49.6 Å². The van der Waals surface area contributed by atoms with Crippen molar-refractivity contribution in [1.82, 2.24) is 0 Å². The van der Waals surface area contributed by atoms with Gasteiger partial charge in [-0.25, -0.2) is 0 Å². The summed E-state index contributed by atoms with van der Waals surface area (Å²) in [5.41, 5.74) is 7.50. The van der Waals surface area contributed by atoms with Crippen LogP contribution in [0.1, 0.15) is 24.8 Å². The van der Waals surface area contributed by atoms with Crippen molar-refractivity contribution < 1.29 is 0 Å². The minimum absolute atomic E-state index is 0.144. The molecule has 82 valence electrons. The van der Waals surface area contributed by atoms with Crippen molar-refractivity contribution in [2.75, 3.05) is 6.26 Å².